The third-order valence-electron chi connectivity index (χ3n) is 4.04. The number of amides is 1. The first-order valence-corrected chi connectivity index (χ1v) is 8.68. The molecule has 1 aromatic rings. The lowest BCUT2D eigenvalue weighted by Gasteiger charge is -2.41. The molecule has 1 saturated heterocycles. The molecule has 27 heavy (non-hydrogen) atoms. The molecule has 154 valence electrons. The highest BCUT2D eigenvalue weighted by molar-refractivity contribution is 5.73. The molecule has 2 heterocycles. The Balaban J connectivity index is 2.00. The Kier molecular flexibility index (Phi) is 8.57. The van der Waals surface area contributed by atoms with E-state index in [0.29, 0.717) is 32.1 Å². The molecule has 11 heteroatoms. The summed E-state index contributed by atoms with van der Waals surface area (Å²) < 4.78 is 21.5. The Bertz CT molecular complexity index is 584. The van der Waals surface area contributed by atoms with Gasteiger partial charge < -0.3 is 45.1 Å². The molecule has 1 aromatic heterocycles. The molecule has 0 bridgehead atoms. The molecule has 5 atom stereocenters. The summed E-state index contributed by atoms with van der Waals surface area (Å²) in [4.78, 5) is 11.5. The number of carbonyl (C=O) groups is 1. The van der Waals surface area contributed by atoms with Crippen molar-refractivity contribution < 1.29 is 38.8 Å². The van der Waals surface area contributed by atoms with Crippen LogP contribution in [0.25, 0.3) is 0 Å². The van der Waals surface area contributed by atoms with Crippen LogP contribution < -0.4 is 11.1 Å². The Labute approximate surface area is 156 Å². The molecule has 1 aliphatic rings. The fourth-order valence-corrected chi connectivity index (χ4v) is 2.77. The van der Waals surface area contributed by atoms with Crippen molar-refractivity contribution in [3.63, 3.8) is 0 Å². The van der Waals surface area contributed by atoms with Crippen molar-refractivity contribution in [1.82, 2.24) is 10.5 Å². The van der Waals surface area contributed by atoms with Crippen LogP contribution in [0.1, 0.15) is 24.5 Å². The molecular weight excluding hydrogens is 362 g/mol. The molecule has 1 amide bonds. The van der Waals surface area contributed by atoms with Gasteiger partial charge in [-0.3, -0.25) is 4.79 Å². The normalized spacial score (nSPS) is 28.3. The van der Waals surface area contributed by atoms with Crippen LogP contribution in [0.4, 0.5) is 0 Å². The average Bonchev–Trinajstić information content (AvgIpc) is 3.10. The number of carbonyl (C=O) groups excluding carboxylic acids is 1. The summed E-state index contributed by atoms with van der Waals surface area (Å²) in [5.41, 5.74) is 5.79. The van der Waals surface area contributed by atoms with Crippen molar-refractivity contribution in [2.75, 3.05) is 33.0 Å². The fraction of sp³-hybridized carbons (Fsp3) is 0.750. The molecule has 11 nitrogen and oxygen atoms in total. The summed E-state index contributed by atoms with van der Waals surface area (Å²) in [5.74, 6) is -0.181. The number of aromatic nitrogens is 1. The van der Waals surface area contributed by atoms with Gasteiger partial charge in [-0.1, -0.05) is 5.16 Å². The minimum Gasteiger partial charge on any atom is -0.394 e. The van der Waals surface area contributed by atoms with Gasteiger partial charge in [0.15, 0.2) is 5.76 Å². The number of aliphatic hydroxyl groups excluding tert-OH is 3. The first kappa shape index (κ1) is 21.7. The van der Waals surface area contributed by atoms with Crippen LogP contribution in [-0.2, 0) is 25.6 Å². The Morgan fingerprint density at radius 1 is 1.30 bits per heavy atom. The van der Waals surface area contributed by atoms with E-state index in [0.717, 1.165) is 0 Å². The molecule has 2 rings (SSSR count). The molecule has 1 unspecified atom stereocenters. The average molecular weight is 389 g/mol. The molecule has 1 fully saturated rings. The number of ether oxygens (including phenoxy) is 3. The van der Waals surface area contributed by atoms with E-state index in [2.05, 4.69) is 10.5 Å². The summed E-state index contributed by atoms with van der Waals surface area (Å²) in [6.07, 6.45) is -4.67. The molecule has 0 radical (unpaired) electrons. The van der Waals surface area contributed by atoms with Gasteiger partial charge in [-0.15, -0.1) is 0 Å². The molecule has 0 saturated carbocycles. The summed E-state index contributed by atoms with van der Waals surface area (Å²) in [5, 5.41) is 36.1. The molecule has 0 aliphatic carbocycles. The zero-order valence-corrected chi connectivity index (χ0v) is 15.1. The second kappa shape index (κ2) is 10.7. The Morgan fingerprint density at radius 3 is 2.70 bits per heavy atom. The number of rotatable bonds is 10. The smallest absolute Gasteiger partial charge is 0.217 e. The van der Waals surface area contributed by atoms with Crippen molar-refractivity contribution in [2.24, 2.45) is 5.73 Å². The second-order valence-corrected chi connectivity index (χ2v) is 6.16. The lowest BCUT2D eigenvalue weighted by atomic mass is 9.91. The van der Waals surface area contributed by atoms with Gasteiger partial charge in [0.1, 0.15) is 30.1 Å². The highest BCUT2D eigenvalue weighted by atomic mass is 16.6. The standard InChI is InChI=1S/C16H27N3O8/c1-9(21)18-13-15(23)14(22)12(7-20)26-16(13)11-6-10(19-27-11)8-25-5-4-24-3-2-17/h6,12-16,20,22-23H,2-5,7-8,17H2,1H3,(H,18,21)/t12-,13-,14+,15-,16?/m1/s1. The number of nitrogens with one attached hydrogen (secondary N) is 1. The van der Waals surface area contributed by atoms with Crippen molar-refractivity contribution in [2.45, 2.75) is 44.0 Å². The van der Waals surface area contributed by atoms with Gasteiger partial charge in [-0.05, 0) is 0 Å². The molecule has 6 N–H and O–H groups in total. The van der Waals surface area contributed by atoms with Gasteiger partial charge in [0.25, 0.3) is 0 Å². The zero-order valence-electron chi connectivity index (χ0n) is 15.1. The van der Waals surface area contributed by atoms with Crippen LogP contribution in [-0.4, -0.2) is 83.7 Å². The van der Waals surface area contributed by atoms with Gasteiger partial charge >= 0.3 is 0 Å². The van der Waals surface area contributed by atoms with Gasteiger partial charge in [0.05, 0.1) is 39.1 Å². The number of aliphatic hydroxyl groups is 3. The van der Waals surface area contributed by atoms with Crippen molar-refractivity contribution in [3.8, 4) is 0 Å². The van der Waals surface area contributed by atoms with Gasteiger partial charge in [0.2, 0.25) is 5.91 Å². The first-order chi connectivity index (χ1) is 13.0. The van der Waals surface area contributed by atoms with E-state index in [1.54, 1.807) is 6.07 Å². The van der Waals surface area contributed by atoms with Gasteiger partial charge in [-0.2, -0.15) is 0 Å². The number of nitrogens with zero attached hydrogens (tertiary/aromatic N) is 1. The third kappa shape index (κ3) is 5.94. The lowest BCUT2D eigenvalue weighted by molar-refractivity contribution is -0.201. The first-order valence-electron chi connectivity index (χ1n) is 8.68. The van der Waals surface area contributed by atoms with E-state index in [9.17, 15) is 20.1 Å². The van der Waals surface area contributed by atoms with Crippen molar-refractivity contribution >= 4 is 5.91 Å². The van der Waals surface area contributed by atoms with E-state index in [1.165, 1.54) is 6.92 Å². The predicted molar refractivity (Wildman–Crippen MR) is 90.4 cm³/mol. The third-order valence-corrected chi connectivity index (χ3v) is 4.04. The van der Waals surface area contributed by atoms with Crippen molar-refractivity contribution in [3.05, 3.63) is 17.5 Å². The maximum absolute atomic E-state index is 11.5. The van der Waals surface area contributed by atoms with Crippen molar-refractivity contribution in [1.29, 1.82) is 0 Å². The number of nitrogens with two attached hydrogens (primary N) is 1. The number of hydrogen-bond acceptors (Lipinski definition) is 10. The van der Waals surface area contributed by atoms with Gasteiger partial charge in [-0.25, -0.2) is 0 Å². The summed E-state index contributed by atoms with van der Waals surface area (Å²) >= 11 is 0. The van der Waals surface area contributed by atoms with E-state index in [1.807, 2.05) is 0 Å². The van der Waals surface area contributed by atoms with E-state index < -0.39 is 43.0 Å². The van der Waals surface area contributed by atoms with Crippen LogP contribution in [0, 0.1) is 0 Å². The Morgan fingerprint density at radius 2 is 2.04 bits per heavy atom. The summed E-state index contributed by atoms with van der Waals surface area (Å²) in [6, 6.07) is 0.602. The molecule has 0 spiro atoms. The summed E-state index contributed by atoms with van der Waals surface area (Å²) in [7, 11) is 0. The largest absolute Gasteiger partial charge is 0.394 e. The van der Waals surface area contributed by atoms with Crippen LogP contribution in [0.3, 0.4) is 0 Å². The maximum atomic E-state index is 11.5. The topological polar surface area (TPSA) is 170 Å². The van der Waals surface area contributed by atoms with Crippen LogP contribution in [0.15, 0.2) is 10.6 Å². The van der Waals surface area contributed by atoms with E-state index in [-0.39, 0.29) is 12.4 Å². The van der Waals surface area contributed by atoms with E-state index >= 15 is 0 Å². The minimum atomic E-state index is -1.36. The highest BCUT2D eigenvalue weighted by Crippen LogP contribution is 2.32. The second-order valence-electron chi connectivity index (χ2n) is 6.16. The Hall–Kier alpha value is -1.60. The SMILES string of the molecule is CC(=O)N[C@H]1C(c2cc(COCCOCCN)no2)O[C@H](CO)[C@H](O)[C@@H]1O. The van der Waals surface area contributed by atoms with Crippen LogP contribution >= 0.6 is 0 Å². The molecule has 0 aromatic carbocycles. The van der Waals surface area contributed by atoms with Crippen LogP contribution in [0.2, 0.25) is 0 Å². The zero-order chi connectivity index (χ0) is 19.8. The molecular formula is C16H27N3O8. The fourth-order valence-electron chi connectivity index (χ4n) is 2.77. The van der Waals surface area contributed by atoms with E-state index in [4.69, 9.17) is 24.5 Å². The number of hydrogen-bond donors (Lipinski definition) is 5. The maximum Gasteiger partial charge on any atom is 0.217 e. The monoisotopic (exact) mass is 389 g/mol. The predicted octanol–water partition coefficient (Wildman–Crippen LogP) is -2.17. The lowest BCUT2D eigenvalue weighted by Crippen LogP contribution is -2.60. The highest BCUT2D eigenvalue weighted by Gasteiger charge is 2.46. The molecule has 1 aliphatic heterocycles. The summed E-state index contributed by atoms with van der Waals surface area (Å²) in [6.45, 7) is 2.60. The minimum absolute atomic E-state index is 0.168. The van der Waals surface area contributed by atoms with Gasteiger partial charge in [0, 0.05) is 19.5 Å². The van der Waals surface area contributed by atoms with Crippen LogP contribution in [0.5, 0.6) is 0 Å². The quantitative estimate of drug-likeness (QED) is 0.277.